The third-order valence-electron chi connectivity index (χ3n) is 3.32. The van der Waals surface area contributed by atoms with E-state index in [1.165, 1.54) is 6.07 Å². The van der Waals surface area contributed by atoms with Crippen molar-refractivity contribution >= 4 is 10.9 Å². The number of rotatable bonds is 5. The summed E-state index contributed by atoms with van der Waals surface area (Å²) in [4.78, 5) is 0. The third-order valence-corrected chi connectivity index (χ3v) is 3.32. The molecule has 0 saturated heterocycles. The van der Waals surface area contributed by atoms with Gasteiger partial charge >= 0.3 is 0 Å². The zero-order chi connectivity index (χ0) is 13.8. The van der Waals surface area contributed by atoms with Crippen LogP contribution < -0.4 is 4.74 Å². The normalized spacial score (nSPS) is 10.8. The maximum absolute atomic E-state index is 13.6. The smallest absolute Gasteiger partial charge is 0.132 e. The lowest BCUT2D eigenvalue weighted by Crippen LogP contribution is -2.03. The Bertz CT molecular complexity index is 691. The summed E-state index contributed by atoms with van der Waals surface area (Å²) in [6.45, 7) is 1.47. The fourth-order valence-corrected chi connectivity index (χ4v) is 2.32. The van der Waals surface area contributed by atoms with Crippen LogP contribution in [0, 0.1) is 5.82 Å². The maximum atomic E-state index is 13.6. The van der Waals surface area contributed by atoms with E-state index in [1.54, 1.807) is 6.07 Å². The van der Waals surface area contributed by atoms with Gasteiger partial charge < -0.3 is 9.30 Å². The first-order chi connectivity index (χ1) is 9.84. The summed E-state index contributed by atoms with van der Waals surface area (Å²) in [5.74, 6) is 0.720. The molecule has 0 atom stereocenters. The van der Waals surface area contributed by atoms with E-state index < -0.39 is 0 Å². The van der Waals surface area contributed by atoms with Crippen LogP contribution in [0.25, 0.3) is 10.9 Å². The molecule has 0 aliphatic carbocycles. The summed E-state index contributed by atoms with van der Waals surface area (Å²) in [6, 6.07) is 16.8. The van der Waals surface area contributed by atoms with E-state index in [9.17, 15) is 4.39 Å². The SMILES string of the molecule is Fc1cccc2c1ccn2CCCOc1ccccc1. The van der Waals surface area contributed by atoms with Crippen LogP contribution in [0.3, 0.4) is 0 Å². The summed E-state index contributed by atoms with van der Waals surface area (Å²) in [7, 11) is 0. The zero-order valence-electron chi connectivity index (χ0n) is 11.1. The van der Waals surface area contributed by atoms with Gasteiger partial charge in [0, 0.05) is 18.1 Å². The van der Waals surface area contributed by atoms with Gasteiger partial charge in [-0.3, -0.25) is 0 Å². The highest BCUT2D eigenvalue weighted by Gasteiger charge is 2.04. The van der Waals surface area contributed by atoms with Crippen molar-refractivity contribution in [2.24, 2.45) is 0 Å². The van der Waals surface area contributed by atoms with E-state index in [0.29, 0.717) is 12.0 Å². The Labute approximate surface area is 117 Å². The minimum atomic E-state index is -0.165. The van der Waals surface area contributed by atoms with Crippen molar-refractivity contribution in [3.05, 3.63) is 66.6 Å². The first-order valence-corrected chi connectivity index (χ1v) is 6.76. The lowest BCUT2D eigenvalue weighted by atomic mass is 10.2. The number of benzene rings is 2. The number of aryl methyl sites for hydroxylation is 1. The van der Waals surface area contributed by atoms with Crippen LogP contribution in [0.15, 0.2) is 60.8 Å². The Kier molecular flexibility index (Phi) is 3.68. The average Bonchev–Trinajstić information content (AvgIpc) is 2.90. The van der Waals surface area contributed by atoms with Gasteiger partial charge in [-0.15, -0.1) is 0 Å². The molecular formula is C17H16FNO. The molecule has 0 radical (unpaired) electrons. The van der Waals surface area contributed by atoms with Gasteiger partial charge in [0.2, 0.25) is 0 Å². The van der Waals surface area contributed by atoms with Crippen molar-refractivity contribution in [2.45, 2.75) is 13.0 Å². The fourth-order valence-electron chi connectivity index (χ4n) is 2.32. The van der Waals surface area contributed by atoms with E-state index >= 15 is 0 Å². The van der Waals surface area contributed by atoms with Crippen molar-refractivity contribution in [1.29, 1.82) is 0 Å². The van der Waals surface area contributed by atoms with Gasteiger partial charge in [0.25, 0.3) is 0 Å². The number of para-hydroxylation sites is 1. The quantitative estimate of drug-likeness (QED) is 0.632. The second kappa shape index (κ2) is 5.78. The monoisotopic (exact) mass is 269 g/mol. The van der Waals surface area contributed by atoms with Crippen LogP contribution in [0.1, 0.15) is 6.42 Å². The van der Waals surface area contributed by atoms with Gasteiger partial charge in [0.05, 0.1) is 12.1 Å². The number of hydrogen-bond donors (Lipinski definition) is 0. The van der Waals surface area contributed by atoms with Crippen LogP contribution in [-0.2, 0) is 6.54 Å². The molecule has 3 heteroatoms. The lowest BCUT2D eigenvalue weighted by molar-refractivity contribution is 0.302. The Hall–Kier alpha value is -2.29. The molecule has 0 fully saturated rings. The molecule has 1 heterocycles. The predicted octanol–water partition coefficient (Wildman–Crippen LogP) is 4.25. The molecule has 2 aromatic carbocycles. The van der Waals surface area contributed by atoms with Gasteiger partial charge in [-0.1, -0.05) is 24.3 Å². The molecule has 0 spiro atoms. The van der Waals surface area contributed by atoms with Crippen LogP contribution in [0.4, 0.5) is 4.39 Å². The molecule has 0 unspecified atom stereocenters. The lowest BCUT2D eigenvalue weighted by Gasteiger charge is -2.07. The molecule has 0 amide bonds. The number of ether oxygens (including phenoxy) is 1. The van der Waals surface area contributed by atoms with Crippen molar-refractivity contribution in [1.82, 2.24) is 4.57 Å². The molecule has 102 valence electrons. The van der Waals surface area contributed by atoms with E-state index in [-0.39, 0.29) is 5.82 Å². The highest BCUT2D eigenvalue weighted by atomic mass is 19.1. The molecule has 0 N–H and O–H groups in total. The predicted molar refractivity (Wildman–Crippen MR) is 78.5 cm³/mol. The summed E-state index contributed by atoms with van der Waals surface area (Å²) >= 11 is 0. The highest BCUT2D eigenvalue weighted by molar-refractivity contribution is 5.80. The average molecular weight is 269 g/mol. The number of hydrogen-bond acceptors (Lipinski definition) is 1. The largest absolute Gasteiger partial charge is 0.494 e. The van der Waals surface area contributed by atoms with Crippen molar-refractivity contribution in [3.8, 4) is 5.75 Å². The van der Waals surface area contributed by atoms with Crippen molar-refractivity contribution in [3.63, 3.8) is 0 Å². The zero-order valence-corrected chi connectivity index (χ0v) is 11.1. The first-order valence-electron chi connectivity index (χ1n) is 6.76. The van der Waals surface area contributed by atoms with Gasteiger partial charge in [0.15, 0.2) is 0 Å². The Morgan fingerprint density at radius 3 is 2.65 bits per heavy atom. The number of fused-ring (bicyclic) bond motifs is 1. The third kappa shape index (κ3) is 2.67. The minimum Gasteiger partial charge on any atom is -0.494 e. The Morgan fingerprint density at radius 1 is 0.950 bits per heavy atom. The second-order valence-electron chi connectivity index (χ2n) is 4.70. The number of halogens is 1. The van der Waals surface area contributed by atoms with Gasteiger partial charge in [0.1, 0.15) is 11.6 Å². The van der Waals surface area contributed by atoms with Crippen molar-refractivity contribution < 1.29 is 9.13 Å². The van der Waals surface area contributed by atoms with Crippen LogP contribution in [0.5, 0.6) is 5.75 Å². The first kappa shape index (κ1) is 12.7. The molecule has 0 bridgehead atoms. The van der Waals surface area contributed by atoms with E-state index in [0.717, 1.165) is 24.2 Å². The van der Waals surface area contributed by atoms with E-state index in [2.05, 4.69) is 4.57 Å². The Morgan fingerprint density at radius 2 is 1.80 bits per heavy atom. The molecule has 0 aliphatic heterocycles. The molecule has 2 nitrogen and oxygen atoms in total. The van der Waals surface area contributed by atoms with Gasteiger partial charge in [-0.25, -0.2) is 4.39 Å². The fraction of sp³-hybridized carbons (Fsp3) is 0.176. The van der Waals surface area contributed by atoms with Crippen molar-refractivity contribution in [2.75, 3.05) is 6.61 Å². The highest BCUT2D eigenvalue weighted by Crippen LogP contribution is 2.19. The standard InChI is InChI=1S/C17H16FNO/c18-16-8-4-9-17-15(16)10-12-19(17)11-5-13-20-14-6-2-1-3-7-14/h1-4,6-10,12H,5,11,13H2. The summed E-state index contributed by atoms with van der Waals surface area (Å²) in [6.07, 6.45) is 2.81. The number of aromatic nitrogens is 1. The van der Waals surface area contributed by atoms with Crippen LogP contribution in [-0.4, -0.2) is 11.2 Å². The van der Waals surface area contributed by atoms with Gasteiger partial charge in [-0.2, -0.15) is 0 Å². The molecule has 20 heavy (non-hydrogen) atoms. The molecule has 3 rings (SSSR count). The topological polar surface area (TPSA) is 14.2 Å². The Balaban J connectivity index is 1.59. The summed E-state index contributed by atoms with van der Waals surface area (Å²) in [5, 5.41) is 0.677. The number of nitrogens with zero attached hydrogens (tertiary/aromatic N) is 1. The van der Waals surface area contributed by atoms with E-state index in [4.69, 9.17) is 4.74 Å². The molecule has 0 aliphatic rings. The molecular weight excluding hydrogens is 253 g/mol. The molecule has 3 aromatic rings. The summed E-state index contributed by atoms with van der Waals surface area (Å²) < 4.78 is 21.3. The second-order valence-corrected chi connectivity index (χ2v) is 4.70. The minimum absolute atomic E-state index is 0.165. The maximum Gasteiger partial charge on any atom is 0.132 e. The van der Waals surface area contributed by atoms with Crippen LogP contribution in [0.2, 0.25) is 0 Å². The molecule has 1 aromatic heterocycles. The molecule has 0 saturated carbocycles. The van der Waals surface area contributed by atoms with Gasteiger partial charge in [-0.05, 0) is 36.8 Å². The van der Waals surface area contributed by atoms with E-state index in [1.807, 2.05) is 48.7 Å². The van der Waals surface area contributed by atoms with Crippen LogP contribution >= 0.6 is 0 Å². The summed E-state index contributed by atoms with van der Waals surface area (Å²) in [5.41, 5.74) is 0.935.